The van der Waals surface area contributed by atoms with Crippen LogP contribution in [-0.2, 0) is 0 Å². The van der Waals surface area contributed by atoms with Gasteiger partial charge in [0.2, 0.25) is 0 Å². The summed E-state index contributed by atoms with van der Waals surface area (Å²) in [6.07, 6.45) is -4.50. The summed E-state index contributed by atoms with van der Waals surface area (Å²) in [6, 6.07) is 13.0. The van der Waals surface area contributed by atoms with Gasteiger partial charge >= 0.3 is 6.18 Å². The van der Waals surface area contributed by atoms with Crippen molar-refractivity contribution in [1.82, 2.24) is 0 Å². The van der Waals surface area contributed by atoms with Gasteiger partial charge in [0.25, 0.3) is 0 Å². The number of halogens is 3. The molecule has 0 saturated heterocycles. The van der Waals surface area contributed by atoms with Crippen LogP contribution >= 0.6 is 0 Å². The fourth-order valence-electron chi connectivity index (χ4n) is 1.80. The van der Waals surface area contributed by atoms with E-state index in [9.17, 15) is 13.2 Å². The second-order valence-corrected chi connectivity index (χ2v) is 4.45. The van der Waals surface area contributed by atoms with Gasteiger partial charge in [0, 0.05) is 5.56 Å². The summed E-state index contributed by atoms with van der Waals surface area (Å²) < 4.78 is 44.5. The molecule has 0 aromatic heterocycles. The number of alkyl halides is 3. The van der Waals surface area contributed by atoms with Crippen LogP contribution in [0.3, 0.4) is 0 Å². The van der Waals surface area contributed by atoms with Crippen LogP contribution in [0.15, 0.2) is 54.6 Å². The summed E-state index contributed by atoms with van der Waals surface area (Å²) in [5, 5.41) is 2.39. The van der Waals surface area contributed by atoms with Gasteiger partial charge in [0.15, 0.2) is 6.04 Å². The maximum Gasteiger partial charge on any atom is 0.420 e. The van der Waals surface area contributed by atoms with E-state index in [4.69, 9.17) is 4.74 Å². The molecule has 0 amide bonds. The van der Waals surface area contributed by atoms with E-state index in [2.05, 4.69) is 17.2 Å². The fourth-order valence-corrected chi connectivity index (χ4v) is 1.80. The topological polar surface area (TPSA) is 21.3 Å². The Morgan fingerprint density at radius 3 is 2.27 bits per heavy atom. The first-order chi connectivity index (χ1) is 10.5. The highest BCUT2D eigenvalue weighted by atomic mass is 19.4. The molecule has 2 aromatic carbocycles. The van der Waals surface area contributed by atoms with Gasteiger partial charge < -0.3 is 10.1 Å². The molecule has 0 aliphatic heterocycles. The fraction of sp³-hybridized carbons (Fsp3) is 0.176. The predicted octanol–water partition coefficient (Wildman–Crippen LogP) is 4.09. The highest BCUT2D eigenvalue weighted by molar-refractivity contribution is 5.58. The third-order valence-electron chi connectivity index (χ3n) is 2.87. The van der Waals surface area contributed by atoms with E-state index in [-0.39, 0.29) is 5.69 Å². The SMILES string of the molecule is COc1ccccc1NC(C#Cc1ccccc1)C(F)(F)F. The molecule has 0 radical (unpaired) electrons. The van der Waals surface area contributed by atoms with E-state index in [0.717, 1.165) is 0 Å². The number of ether oxygens (including phenoxy) is 1. The number of para-hydroxylation sites is 2. The second-order valence-electron chi connectivity index (χ2n) is 4.45. The molecule has 0 spiro atoms. The van der Waals surface area contributed by atoms with Gasteiger partial charge in [-0.1, -0.05) is 42.2 Å². The number of hydrogen-bond donors (Lipinski definition) is 1. The van der Waals surface area contributed by atoms with Gasteiger partial charge in [-0.2, -0.15) is 13.2 Å². The van der Waals surface area contributed by atoms with Crippen molar-refractivity contribution in [3.8, 4) is 17.6 Å². The summed E-state index contributed by atoms with van der Waals surface area (Å²) in [5.74, 6) is 5.10. The Hall–Kier alpha value is -2.61. The lowest BCUT2D eigenvalue weighted by Gasteiger charge is -2.19. The van der Waals surface area contributed by atoms with Crippen LogP contribution in [0.1, 0.15) is 5.56 Å². The van der Waals surface area contributed by atoms with E-state index >= 15 is 0 Å². The van der Waals surface area contributed by atoms with Crippen molar-refractivity contribution >= 4 is 5.69 Å². The van der Waals surface area contributed by atoms with Gasteiger partial charge in [-0.05, 0) is 24.3 Å². The Labute approximate surface area is 126 Å². The zero-order valence-corrected chi connectivity index (χ0v) is 11.8. The Morgan fingerprint density at radius 1 is 1.00 bits per heavy atom. The maximum atomic E-state index is 13.1. The molecule has 0 fully saturated rings. The molecule has 114 valence electrons. The van der Waals surface area contributed by atoms with Crippen LogP contribution in [-0.4, -0.2) is 19.3 Å². The molecule has 0 aliphatic rings. The quantitative estimate of drug-likeness (QED) is 0.862. The largest absolute Gasteiger partial charge is 0.495 e. The highest BCUT2D eigenvalue weighted by Crippen LogP contribution is 2.28. The molecule has 0 saturated carbocycles. The van der Waals surface area contributed by atoms with Crippen molar-refractivity contribution in [2.24, 2.45) is 0 Å². The molecule has 1 N–H and O–H groups in total. The molecular weight excluding hydrogens is 291 g/mol. The average Bonchev–Trinajstić information content (AvgIpc) is 2.51. The summed E-state index contributed by atoms with van der Waals surface area (Å²) in [7, 11) is 1.40. The molecule has 22 heavy (non-hydrogen) atoms. The molecule has 2 nitrogen and oxygen atoms in total. The van der Waals surface area contributed by atoms with Crippen LogP contribution in [0.2, 0.25) is 0 Å². The number of methoxy groups -OCH3 is 1. The number of hydrogen-bond acceptors (Lipinski definition) is 2. The minimum absolute atomic E-state index is 0.245. The summed E-state index contributed by atoms with van der Waals surface area (Å²) >= 11 is 0. The van der Waals surface area contributed by atoms with E-state index in [1.165, 1.54) is 13.2 Å². The zero-order chi connectivity index (χ0) is 16.0. The number of rotatable bonds is 3. The van der Waals surface area contributed by atoms with Gasteiger partial charge in [0.1, 0.15) is 5.75 Å². The third-order valence-corrected chi connectivity index (χ3v) is 2.87. The predicted molar refractivity (Wildman–Crippen MR) is 79.8 cm³/mol. The summed E-state index contributed by atoms with van der Waals surface area (Å²) in [5.41, 5.74) is 0.772. The first-order valence-corrected chi connectivity index (χ1v) is 6.53. The average molecular weight is 305 g/mol. The van der Waals surface area contributed by atoms with Crippen LogP contribution < -0.4 is 10.1 Å². The standard InChI is InChI=1S/C17H14F3NO/c1-22-15-10-6-5-9-14(15)21-16(17(18,19)20)12-11-13-7-3-2-4-8-13/h2-10,16,21H,1H3. The molecule has 0 heterocycles. The van der Waals surface area contributed by atoms with Gasteiger partial charge in [0.05, 0.1) is 12.8 Å². The lowest BCUT2D eigenvalue weighted by atomic mass is 10.2. The van der Waals surface area contributed by atoms with Crippen molar-refractivity contribution in [2.75, 3.05) is 12.4 Å². The first-order valence-electron chi connectivity index (χ1n) is 6.53. The molecule has 0 bridgehead atoms. The number of nitrogens with one attached hydrogen (secondary N) is 1. The van der Waals surface area contributed by atoms with Crippen LogP contribution in [0.5, 0.6) is 5.75 Å². The van der Waals surface area contributed by atoms with Gasteiger partial charge in [-0.3, -0.25) is 0 Å². The lowest BCUT2D eigenvalue weighted by Crippen LogP contribution is -2.35. The normalized spacial score (nSPS) is 12.0. The van der Waals surface area contributed by atoms with Crippen LogP contribution in [0, 0.1) is 11.8 Å². The zero-order valence-electron chi connectivity index (χ0n) is 11.8. The molecule has 0 aliphatic carbocycles. The van der Waals surface area contributed by atoms with Crippen LogP contribution in [0.25, 0.3) is 0 Å². The van der Waals surface area contributed by atoms with Crippen molar-refractivity contribution < 1.29 is 17.9 Å². The molecule has 1 unspecified atom stereocenters. The Balaban J connectivity index is 2.27. The molecule has 1 atom stereocenters. The minimum atomic E-state index is -4.50. The Morgan fingerprint density at radius 2 is 1.64 bits per heavy atom. The monoisotopic (exact) mass is 305 g/mol. The van der Waals surface area contributed by atoms with E-state index in [0.29, 0.717) is 11.3 Å². The van der Waals surface area contributed by atoms with Crippen molar-refractivity contribution in [3.05, 3.63) is 60.2 Å². The summed E-state index contributed by atoms with van der Waals surface area (Å²) in [4.78, 5) is 0. The minimum Gasteiger partial charge on any atom is -0.495 e. The molecular formula is C17H14F3NO. The first kappa shape index (κ1) is 15.8. The third kappa shape index (κ3) is 4.19. The molecule has 2 aromatic rings. The summed E-state index contributed by atoms with van der Waals surface area (Å²) in [6.45, 7) is 0. The Bertz CT molecular complexity index is 672. The molecule has 2 rings (SSSR count). The number of benzene rings is 2. The van der Waals surface area contributed by atoms with Gasteiger partial charge in [-0.25, -0.2) is 0 Å². The smallest absolute Gasteiger partial charge is 0.420 e. The Kier molecular flexibility index (Phi) is 4.95. The highest BCUT2D eigenvalue weighted by Gasteiger charge is 2.39. The van der Waals surface area contributed by atoms with Gasteiger partial charge in [-0.15, -0.1) is 0 Å². The lowest BCUT2D eigenvalue weighted by molar-refractivity contribution is -0.130. The second kappa shape index (κ2) is 6.90. The van der Waals surface area contributed by atoms with Crippen molar-refractivity contribution in [2.45, 2.75) is 12.2 Å². The molecule has 5 heteroatoms. The van der Waals surface area contributed by atoms with E-state index in [1.807, 2.05) is 0 Å². The van der Waals surface area contributed by atoms with E-state index < -0.39 is 12.2 Å². The van der Waals surface area contributed by atoms with Crippen molar-refractivity contribution in [1.29, 1.82) is 0 Å². The van der Waals surface area contributed by atoms with Crippen molar-refractivity contribution in [3.63, 3.8) is 0 Å². The number of anilines is 1. The van der Waals surface area contributed by atoms with E-state index in [1.54, 1.807) is 48.5 Å². The maximum absolute atomic E-state index is 13.1. The van der Waals surface area contributed by atoms with Crippen LogP contribution in [0.4, 0.5) is 18.9 Å².